The molecule has 5 nitrogen and oxygen atoms in total. The minimum absolute atomic E-state index is 0.0457. The number of nitrogens with zero attached hydrogens (tertiary/aromatic N) is 1. The lowest BCUT2D eigenvalue weighted by Crippen LogP contribution is -2.39. The van der Waals surface area contributed by atoms with Gasteiger partial charge in [-0.3, -0.25) is 0 Å². The van der Waals surface area contributed by atoms with Crippen molar-refractivity contribution in [2.75, 3.05) is 29.9 Å². The molecule has 1 heterocycles. The Morgan fingerprint density at radius 2 is 2.14 bits per heavy atom. The van der Waals surface area contributed by atoms with E-state index in [1.54, 1.807) is 0 Å². The lowest BCUT2D eigenvalue weighted by molar-refractivity contribution is 0.222. The maximum Gasteiger partial charge on any atom is 0.319 e. The summed E-state index contributed by atoms with van der Waals surface area (Å²) in [5.74, 6) is 0.799. The van der Waals surface area contributed by atoms with Crippen molar-refractivity contribution in [2.24, 2.45) is 5.92 Å². The molecule has 0 bridgehead atoms. The van der Waals surface area contributed by atoms with Crippen LogP contribution in [0.4, 0.5) is 16.2 Å². The number of rotatable bonds is 5. The second-order valence-electron chi connectivity index (χ2n) is 6.11. The van der Waals surface area contributed by atoms with E-state index in [1.807, 2.05) is 25.1 Å². The average molecular weight is 305 g/mol. The van der Waals surface area contributed by atoms with Gasteiger partial charge in [0.15, 0.2) is 0 Å². The van der Waals surface area contributed by atoms with Crippen LogP contribution in [0.2, 0.25) is 0 Å². The third-order valence-electron chi connectivity index (χ3n) is 4.30. The van der Waals surface area contributed by atoms with Gasteiger partial charge in [0.1, 0.15) is 0 Å². The summed E-state index contributed by atoms with van der Waals surface area (Å²) in [5, 5.41) is 14.7. The van der Waals surface area contributed by atoms with E-state index in [9.17, 15) is 4.79 Å². The molecule has 2 amide bonds. The number of hydrogen-bond acceptors (Lipinski definition) is 3. The minimum Gasteiger partial charge on any atom is -0.394 e. The fourth-order valence-electron chi connectivity index (χ4n) is 2.68. The molecule has 22 heavy (non-hydrogen) atoms. The van der Waals surface area contributed by atoms with Crippen molar-refractivity contribution in [3.8, 4) is 0 Å². The van der Waals surface area contributed by atoms with Gasteiger partial charge in [-0.25, -0.2) is 4.79 Å². The van der Waals surface area contributed by atoms with Gasteiger partial charge in [-0.1, -0.05) is 19.9 Å². The van der Waals surface area contributed by atoms with Crippen LogP contribution in [-0.2, 0) is 0 Å². The van der Waals surface area contributed by atoms with E-state index in [0.717, 1.165) is 30.4 Å². The number of carbonyl (C=O) groups excluding carboxylic acids is 1. The number of hydrogen-bond donors (Lipinski definition) is 3. The molecule has 5 heteroatoms. The number of amides is 2. The number of piperidine rings is 1. The number of urea groups is 1. The first-order valence-electron chi connectivity index (χ1n) is 8.15. The molecule has 1 fully saturated rings. The van der Waals surface area contributed by atoms with Gasteiger partial charge >= 0.3 is 6.03 Å². The third-order valence-corrected chi connectivity index (χ3v) is 4.30. The highest BCUT2D eigenvalue weighted by Gasteiger charge is 2.16. The Labute approximate surface area is 132 Å². The van der Waals surface area contributed by atoms with Crippen LogP contribution >= 0.6 is 0 Å². The number of anilines is 2. The van der Waals surface area contributed by atoms with Gasteiger partial charge in [-0.05, 0) is 43.4 Å². The maximum atomic E-state index is 11.9. The van der Waals surface area contributed by atoms with Gasteiger partial charge in [0.05, 0.1) is 12.6 Å². The van der Waals surface area contributed by atoms with Crippen LogP contribution in [0.1, 0.15) is 33.1 Å². The van der Waals surface area contributed by atoms with Crippen LogP contribution in [-0.4, -0.2) is 36.9 Å². The van der Waals surface area contributed by atoms with Gasteiger partial charge in [-0.15, -0.1) is 0 Å². The molecule has 0 unspecified atom stereocenters. The molecular weight excluding hydrogens is 278 g/mol. The van der Waals surface area contributed by atoms with Crippen molar-refractivity contribution in [1.82, 2.24) is 5.32 Å². The highest BCUT2D eigenvalue weighted by Crippen LogP contribution is 2.25. The van der Waals surface area contributed by atoms with Gasteiger partial charge in [-0.2, -0.15) is 0 Å². The first kappa shape index (κ1) is 16.6. The Morgan fingerprint density at radius 3 is 2.77 bits per heavy atom. The van der Waals surface area contributed by atoms with Crippen molar-refractivity contribution in [3.63, 3.8) is 0 Å². The number of nitrogens with one attached hydrogen (secondary N) is 2. The SMILES string of the molecule is CC[C@@H](CO)NC(=O)Nc1cccc(N2CCC(C)CC2)c1. The second kappa shape index (κ2) is 8.03. The lowest BCUT2D eigenvalue weighted by atomic mass is 9.99. The molecule has 0 saturated carbocycles. The van der Waals surface area contributed by atoms with Crippen LogP contribution in [0, 0.1) is 5.92 Å². The maximum absolute atomic E-state index is 11.9. The van der Waals surface area contributed by atoms with E-state index in [2.05, 4.69) is 28.5 Å². The molecule has 2 rings (SSSR count). The van der Waals surface area contributed by atoms with E-state index >= 15 is 0 Å². The monoisotopic (exact) mass is 305 g/mol. The average Bonchev–Trinajstić information content (AvgIpc) is 2.53. The Morgan fingerprint density at radius 1 is 1.41 bits per heavy atom. The van der Waals surface area contributed by atoms with E-state index in [1.165, 1.54) is 12.8 Å². The molecule has 3 N–H and O–H groups in total. The zero-order valence-electron chi connectivity index (χ0n) is 13.5. The minimum atomic E-state index is -0.273. The second-order valence-corrected chi connectivity index (χ2v) is 6.11. The number of aliphatic hydroxyl groups excluding tert-OH is 1. The van der Waals surface area contributed by atoms with Gasteiger partial charge < -0.3 is 20.6 Å². The third kappa shape index (κ3) is 4.63. The smallest absolute Gasteiger partial charge is 0.319 e. The molecule has 1 aliphatic heterocycles. The predicted octanol–water partition coefficient (Wildman–Crippen LogP) is 2.82. The Bertz CT molecular complexity index is 481. The largest absolute Gasteiger partial charge is 0.394 e. The highest BCUT2D eigenvalue weighted by molar-refractivity contribution is 5.90. The number of benzene rings is 1. The highest BCUT2D eigenvalue weighted by atomic mass is 16.3. The van der Waals surface area contributed by atoms with Crippen molar-refractivity contribution >= 4 is 17.4 Å². The van der Waals surface area contributed by atoms with Crippen molar-refractivity contribution in [3.05, 3.63) is 24.3 Å². The van der Waals surface area contributed by atoms with Crippen LogP contribution in [0.25, 0.3) is 0 Å². The van der Waals surface area contributed by atoms with Gasteiger partial charge in [0.2, 0.25) is 0 Å². The Kier molecular flexibility index (Phi) is 6.07. The van der Waals surface area contributed by atoms with Crippen LogP contribution < -0.4 is 15.5 Å². The standard InChI is InChI=1S/C17H27N3O2/c1-3-14(12-21)18-17(22)19-15-5-4-6-16(11-15)20-9-7-13(2)8-10-20/h4-6,11,13-14,21H,3,7-10,12H2,1-2H3,(H2,18,19,22)/t14-/m0/s1. The number of aliphatic hydroxyl groups is 1. The molecule has 0 radical (unpaired) electrons. The molecule has 1 aromatic carbocycles. The fourth-order valence-corrected chi connectivity index (χ4v) is 2.68. The van der Waals surface area contributed by atoms with Gasteiger partial charge in [0, 0.05) is 24.5 Å². The number of carbonyl (C=O) groups is 1. The fraction of sp³-hybridized carbons (Fsp3) is 0.588. The van der Waals surface area contributed by atoms with Crippen molar-refractivity contribution in [1.29, 1.82) is 0 Å². The first-order valence-corrected chi connectivity index (χ1v) is 8.15. The van der Waals surface area contributed by atoms with Crippen LogP contribution in [0.3, 0.4) is 0 Å². The molecule has 1 aliphatic rings. The van der Waals surface area contributed by atoms with E-state index < -0.39 is 0 Å². The summed E-state index contributed by atoms with van der Waals surface area (Å²) in [6.45, 7) is 6.32. The van der Waals surface area contributed by atoms with E-state index in [-0.39, 0.29) is 18.7 Å². The molecule has 1 aromatic rings. The quantitative estimate of drug-likeness (QED) is 0.784. The van der Waals surface area contributed by atoms with E-state index in [0.29, 0.717) is 6.42 Å². The molecule has 1 atom stereocenters. The molecule has 122 valence electrons. The van der Waals surface area contributed by atoms with Crippen molar-refractivity contribution in [2.45, 2.75) is 39.2 Å². The lowest BCUT2D eigenvalue weighted by Gasteiger charge is -2.32. The summed E-state index contributed by atoms with van der Waals surface area (Å²) in [6.07, 6.45) is 3.13. The predicted molar refractivity (Wildman–Crippen MR) is 90.4 cm³/mol. The molecule has 0 spiro atoms. The summed E-state index contributed by atoms with van der Waals surface area (Å²) in [4.78, 5) is 14.3. The topological polar surface area (TPSA) is 64.6 Å². The summed E-state index contributed by atoms with van der Waals surface area (Å²) in [5.41, 5.74) is 1.93. The summed E-state index contributed by atoms with van der Waals surface area (Å²) in [7, 11) is 0. The molecule has 0 aliphatic carbocycles. The molecule has 0 aromatic heterocycles. The summed E-state index contributed by atoms with van der Waals surface area (Å²) >= 11 is 0. The van der Waals surface area contributed by atoms with E-state index in [4.69, 9.17) is 5.11 Å². The van der Waals surface area contributed by atoms with Crippen LogP contribution in [0.5, 0.6) is 0 Å². The van der Waals surface area contributed by atoms with Crippen LogP contribution in [0.15, 0.2) is 24.3 Å². The van der Waals surface area contributed by atoms with Gasteiger partial charge in [0.25, 0.3) is 0 Å². The first-order chi connectivity index (χ1) is 10.6. The normalized spacial score (nSPS) is 17.1. The molecular formula is C17H27N3O2. The Balaban J connectivity index is 1.95. The van der Waals surface area contributed by atoms with Crippen molar-refractivity contribution < 1.29 is 9.90 Å². The summed E-state index contributed by atoms with van der Waals surface area (Å²) in [6, 6.07) is 7.47. The Hall–Kier alpha value is -1.75. The zero-order valence-corrected chi connectivity index (χ0v) is 13.5. The molecule has 1 saturated heterocycles. The summed E-state index contributed by atoms with van der Waals surface area (Å²) < 4.78 is 0. The zero-order chi connectivity index (χ0) is 15.9.